The first-order chi connectivity index (χ1) is 13.2. The molecule has 142 valence electrons. The van der Waals surface area contributed by atoms with E-state index in [4.69, 9.17) is 0 Å². The van der Waals surface area contributed by atoms with Crippen LogP contribution in [0.25, 0.3) is 10.2 Å². The Bertz CT molecular complexity index is 974. The summed E-state index contributed by atoms with van der Waals surface area (Å²) in [6.45, 7) is 4.12. The normalized spacial score (nSPS) is 19.6. The van der Waals surface area contributed by atoms with Crippen LogP contribution in [-0.2, 0) is 32.4 Å². The van der Waals surface area contributed by atoms with E-state index in [1.54, 1.807) is 6.33 Å². The predicted octanol–water partition coefficient (Wildman–Crippen LogP) is 3.77. The molecule has 3 aromatic heterocycles. The van der Waals surface area contributed by atoms with E-state index in [1.165, 1.54) is 47.9 Å². The fourth-order valence-electron chi connectivity index (χ4n) is 4.50. The fourth-order valence-corrected chi connectivity index (χ4v) is 5.84. The Hall–Kier alpha value is -2.02. The van der Waals surface area contributed by atoms with Crippen LogP contribution in [0.5, 0.6) is 0 Å². The van der Waals surface area contributed by atoms with E-state index in [-0.39, 0.29) is 0 Å². The van der Waals surface area contributed by atoms with Crippen molar-refractivity contribution in [2.24, 2.45) is 5.92 Å². The summed E-state index contributed by atoms with van der Waals surface area (Å²) in [4.78, 5) is 14.1. The molecule has 0 aromatic carbocycles. The number of thiophene rings is 1. The average molecular weight is 383 g/mol. The molecule has 1 aliphatic carbocycles. The lowest BCUT2D eigenvalue weighted by atomic mass is 9.89. The molecule has 0 amide bonds. The van der Waals surface area contributed by atoms with Gasteiger partial charge in [0, 0.05) is 24.9 Å². The highest BCUT2D eigenvalue weighted by Crippen LogP contribution is 2.40. The Kier molecular flexibility index (Phi) is 4.34. The van der Waals surface area contributed by atoms with Gasteiger partial charge in [0.05, 0.1) is 11.9 Å². The van der Waals surface area contributed by atoms with E-state index in [1.807, 2.05) is 11.3 Å². The first-order valence-corrected chi connectivity index (χ1v) is 10.9. The fraction of sp³-hybridized carbons (Fsp3) is 0.600. The van der Waals surface area contributed by atoms with Crippen molar-refractivity contribution in [2.45, 2.75) is 65.0 Å². The number of rotatable bonds is 3. The zero-order chi connectivity index (χ0) is 18.4. The van der Waals surface area contributed by atoms with Crippen LogP contribution in [0, 0.1) is 5.92 Å². The first kappa shape index (κ1) is 17.1. The van der Waals surface area contributed by atoms with Crippen LogP contribution in [0.1, 0.15) is 54.7 Å². The Morgan fingerprint density at radius 2 is 2.11 bits per heavy atom. The molecular formula is C20H26N6S. The Morgan fingerprint density at radius 1 is 1.19 bits per heavy atom. The van der Waals surface area contributed by atoms with Crippen molar-refractivity contribution in [3.05, 3.63) is 28.4 Å². The Labute approximate surface area is 163 Å². The molecule has 0 fully saturated rings. The molecule has 0 N–H and O–H groups in total. The van der Waals surface area contributed by atoms with Crippen molar-refractivity contribution >= 4 is 27.4 Å². The van der Waals surface area contributed by atoms with E-state index in [0.29, 0.717) is 0 Å². The zero-order valence-electron chi connectivity index (χ0n) is 16.1. The summed E-state index contributed by atoms with van der Waals surface area (Å²) in [7, 11) is 2.12. The Balaban J connectivity index is 1.50. The summed E-state index contributed by atoms with van der Waals surface area (Å²) in [5.74, 6) is 4.01. The zero-order valence-corrected chi connectivity index (χ0v) is 16.9. The molecule has 5 rings (SSSR count). The summed E-state index contributed by atoms with van der Waals surface area (Å²) in [6, 6.07) is 0. The summed E-state index contributed by atoms with van der Waals surface area (Å²) >= 11 is 1.86. The highest BCUT2D eigenvalue weighted by atomic mass is 32.1. The maximum absolute atomic E-state index is 4.68. The quantitative estimate of drug-likeness (QED) is 0.690. The molecule has 1 aliphatic heterocycles. The summed E-state index contributed by atoms with van der Waals surface area (Å²) in [5.41, 5.74) is 1.48. The Morgan fingerprint density at radius 3 is 3.04 bits per heavy atom. The van der Waals surface area contributed by atoms with E-state index < -0.39 is 0 Å². The molecule has 0 saturated heterocycles. The van der Waals surface area contributed by atoms with Gasteiger partial charge in [0.15, 0.2) is 5.82 Å². The summed E-state index contributed by atoms with van der Waals surface area (Å²) in [6.07, 6.45) is 10.1. The van der Waals surface area contributed by atoms with Gasteiger partial charge in [-0.1, -0.05) is 13.3 Å². The number of hydrogen-bond acceptors (Lipinski definition) is 6. The second-order valence-electron chi connectivity index (χ2n) is 8.08. The van der Waals surface area contributed by atoms with E-state index in [9.17, 15) is 0 Å². The maximum Gasteiger partial charge on any atom is 0.152 e. The third kappa shape index (κ3) is 3.02. The van der Waals surface area contributed by atoms with Crippen LogP contribution in [0.3, 0.4) is 0 Å². The van der Waals surface area contributed by atoms with Crippen molar-refractivity contribution in [3.8, 4) is 0 Å². The van der Waals surface area contributed by atoms with Crippen LogP contribution in [-0.4, -0.2) is 31.8 Å². The van der Waals surface area contributed by atoms with E-state index in [2.05, 4.69) is 43.6 Å². The highest BCUT2D eigenvalue weighted by Gasteiger charge is 2.25. The molecule has 0 saturated carbocycles. The third-order valence-corrected chi connectivity index (χ3v) is 7.16. The number of aryl methyl sites for hydroxylation is 2. The second-order valence-corrected chi connectivity index (χ2v) is 9.16. The number of nitrogens with zero attached hydrogens (tertiary/aromatic N) is 6. The molecule has 3 aromatic rings. The molecular weight excluding hydrogens is 356 g/mol. The van der Waals surface area contributed by atoms with Gasteiger partial charge in [-0.2, -0.15) is 0 Å². The minimum atomic E-state index is 0.736. The molecule has 1 atom stereocenters. The molecule has 7 heteroatoms. The topological polar surface area (TPSA) is 59.7 Å². The lowest BCUT2D eigenvalue weighted by Crippen LogP contribution is -2.22. The number of hydrogen-bond donors (Lipinski definition) is 0. The maximum atomic E-state index is 4.68. The standard InChI is InChI=1S/C20H26N6S/c1-13-7-8-14-15(10-13)27-20-18(14)19(21-12-22-20)25(2)11-17-24-23-16-6-4-3-5-9-26(16)17/h12-13H,3-11H2,1-2H3/t13-/m0/s1. The largest absolute Gasteiger partial charge is 0.351 e. The third-order valence-electron chi connectivity index (χ3n) is 6.00. The van der Waals surface area contributed by atoms with Crippen LogP contribution in [0.4, 0.5) is 5.82 Å². The van der Waals surface area contributed by atoms with Gasteiger partial charge >= 0.3 is 0 Å². The SMILES string of the molecule is C[C@H]1CCc2c(sc3ncnc(N(C)Cc4nnc5n4CCCCC5)c23)C1. The summed E-state index contributed by atoms with van der Waals surface area (Å²) in [5, 5.41) is 10.2. The van der Waals surface area contributed by atoms with Crippen LogP contribution in [0.2, 0.25) is 0 Å². The molecule has 0 radical (unpaired) electrons. The van der Waals surface area contributed by atoms with Gasteiger partial charge < -0.3 is 9.47 Å². The van der Waals surface area contributed by atoms with Gasteiger partial charge in [0.2, 0.25) is 0 Å². The molecule has 4 heterocycles. The van der Waals surface area contributed by atoms with E-state index >= 15 is 0 Å². The molecule has 27 heavy (non-hydrogen) atoms. The van der Waals surface area contributed by atoms with Crippen molar-refractivity contribution in [1.29, 1.82) is 0 Å². The van der Waals surface area contributed by atoms with Gasteiger partial charge in [-0.05, 0) is 43.6 Å². The number of fused-ring (bicyclic) bond motifs is 4. The van der Waals surface area contributed by atoms with Gasteiger partial charge in [-0.15, -0.1) is 21.5 Å². The number of aromatic nitrogens is 5. The van der Waals surface area contributed by atoms with Gasteiger partial charge in [-0.25, -0.2) is 9.97 Å². The van der Waals surface area contributed by atoms with E-state index in [0.717, 1.165) is 54.1 Å². The minimum absolute atomic E-state index is 0.736. The van der Waals surface area contributed by atoms with Crippen LogP contribution < -0.4 is 4.90 Å². The van der Waals surface area contributed by atoms with Crippen molar-refractivity contribution in [1.82, 2.24) is 24.7 Å². The predicted molar refractivity (Wildman–Crippen MR) is 108 cm³/mol. The molecule has 0 bridgehead atoms. The second kappa shape index (κ2) is 6.86. The first-order valence-electron chi connectivity index (χ1n) is 10.1. The molecule has 0 unspecified atom stereocenters. The monoisotopic (exact) mass is 382 g/mol. The van der Waals surface area contributed by atoms with Crippen LogP contribution >= 0.6 is 11.3 Å². The van der Waals surface area contributed by atoms with Crippen molar-refractivity contribution in [3.63, 3.8) is 0 Å². The molecule has 6 nitrogen and oxygen atoms in total. The number of anilines is 1. The van der Waals surface area contributed by atoms with Gasteiger partial charge in [-0.3, -0.25) is 0 Å². The van der Waals surface area contributed by atoms with Crippen molar-refractivity contribution < 1.29 is 0 Å². The average Bonchev–Trinajstić information content (AvgIpc) is 3.12. The summed E-state index contributed by atoms with van der Waals surface area (Å²) < 4.78 is 2.33. The van der Waals surface area contributed by atoms with Gasteiger partial charge in [0.25, 0.3) is 0 Å². The molecule has 2 aliphatic rings. The smallest absolute Gasteiger partial charge is 0.152 e. The van der Waals surface area contributed by atoms with Crippen LogP contribution in [0.15, 0.2) is 6.33 Å². The minimum Gasteiger partial charge on any atom is -0.351 e. The van der Waals surface area contributed by atoms with Crippen molar-refractivity contribution in [2.75, 3.05) is 11.9 Å². The lowest BCUT2D eigenvalue weighted by molar-refractivity contribution is 0.509. The lowest BCUT2D eigenvalue weighted by Gasteiger charge is -2.21. The van der Waals surface area contributed by atoms with Gasteiger partial charge in [0.1, 0.15) is 22.8 Å². The molecule has 0 spiro atoms. The highest BCUT2D eigenvalue weighted by molar-refractivity contribution is 7.19.